The van der Waals surface area contributed by atoms with Crippen LogP contribution in [0.5, 0.6) is 0 Å². The summed E-state index contributed by atoms with van der Waals surface area (Å²) >= 11 is 1.53. The molecular formula is C15H23N3O2S. The molecule has 21 heavy (non-hydrogen) atoms. The van der Waals surface area contributed by atoms with Gasteiger partial charge in [0.25, 0.3) is 5.91 Å². The number of nitrogens with zero attached hydrogens (tertiary/aromatic N) is 2. The number of hydrogen-bond acceptors (Lipinski definition) is 4. The monoisotopic (exact) mass is 309 g/mol. The van der Waals surface area contributed by atoms with Gasteiger partial charge in [-0.1, -0.05) is 6.42 Å². The molecule has 0 spiro atoms. The highest BCUT2D eigenvalue weighted by atomic mass is 32.1. The van der Waals surface area contributed by atoms with Crippen molar-refractivity contribution in [1.82, 2.24) is 9.80 Å². The normalized spacial score (nSPS) is 15.3. The maximum atomic E-state index is 12.2. The highest BCUT2D eigenvalue weighted by Gasteiger charge is 2.24. The number of unbranched alkanes of at least 4 members (excludes halogenated alkanes) is 2. The third-order valence-corrected chi connectivity index (χ3v) is 4.47. The van der Waals surface area contributed by atoms with E-state index in [9.17, 15) is 9.59 Å². The minimum absolute atomic E-state index is 0.0753. The van der Waals surface area contributed by atoms with E-state index in [1.54, 1.807) is 0 Å². The molecule has 0 bridgehead atoms. The Kier molecular flexibility index (Phi) is 6.20. The molecule has 0 radical (unpaired) electrons. The first kappa shape index (κ1) is 16.0. The molecule has 2 amide bonds. The van der Waals surface area contributed by atoms with Gasteiger partial charge < -0.3 is 15.5 Å². The molecule has 0 saturated carbocycles. The fraction of sp³-hybridized carbons (Fsp3) is 0.600. The molecule has 1 aromatic heterocycles. The van der Waals surface area contributed by atoms with Gasteiger partial charge in [0.2, 0.25) is 5.91 Å². The van der Waals surface area contributed by atoms with E-state index in [1.807, 2.05) is 26.6 Å². The molecule has 1 aromatic rings. The average molecular weight is 309 g/mol. The van der Waals surface area contributed by atoms with Crippen molar-refractivity contribution in [3.8, 4) is 0 Å². The van der Waals surface area contributed by atoms with E-state index in [0.717, 1.165) is 24.8 Å². The third kappa shape index (κ3) is 4.54. The number of amides is 2. The number of rotatable bonds is 6. The lowest BCUT2D eigenvalue weighted by atomic mass is 10.1. The van der Waals surface area contributed by atoms with Crippen LogP contribution in [0.15, 0.2) is 16.8 Å². The van der Waals surface area contributed by atoms with Gasteiger partial charge in [-0.25, -0.2) is 0 Å². The number of hydrogen-bond donors (Lipinski definition) is 1. The van der Waals surface area contributed by atoms with Crippen molar-refractivity contribution in [1.29, 1.82) is 0 Å². The molecule has 2 rings (SSSR count). The van der Waals surface area contributed by atoms with Crippen molar-refractivity contribution in [3.63, 3.8) is 0 Å². The Balaban J connectivity index is 1.72. The summed E-state index contributed by atoms with van der Waals surface area (Å²) in [4.78, 5) is 28.0. The van der Waals surface area contributed by atoms with Gasteiger partial charge in [0.1, 0.15) is 0 Å². The molecule has 1 aliphatic heterocycles. The van der Waals surface area contributed by atoms with Crippen molar-refractivity contribution in [3.05, 3.63) is 22.4 Å². The Labute approximate surface area is 129 Å². The number of thiophene rings is 1. The van der Waals surface area contributed by atoms with Crippen LogP contribution in [0.3, 0.4) is 0 Å². The zero-order valence-electron chi connectivity index (χ0n) is 12.3. The summed E-state index contributed by atoms with van der Waals surface area (Å²) in [7, 11) is 0. The molecule has 5 nitrogen and oxygen atoms in total. The number of nitrogens with two attached hydrogens (primary N) is 1. The van der Waals surface area contributed by atoms with Gasteiger partial charge in [-0.05, 0) is 30.8 Å². The van der Waals surface area contributed by atoms with E-state index in [2.05, 4.69) is 0 Å². The zero-order chi connectivity index (χ0) is 15.1. The predicted octanol–water partition coefficient (Wildman–Crippen LogP) is 1.55. The van der Waals surface area contributed by atoms with Gasteiger partial charge in [0.05, 0.1) is 5.56 Å². The summed E-state index contributed by atoms with van der Waals surface area (Å²) in [6, 6.07) is 1.85. The summed E-state index contributed by atoms with van der Waals surface area (Å²) < 4.78 is 0. The van der Waals surface area contributed by atoms with Crippen LogP contribution in [0.25, 0.3) is 0 Å². The maximum absolute atomic E-state index is 12.2. The predicted molar refractivity (Wildman–Crippen MR) is 84.3 cm³/mol. The van der Waals surface area contributed by atoms with E-state index in [0.29, 0.717) is 39.1 Å². The van der Waals surface area contributed by atoms with Crippen LogP contribution in [-0.4, -0.2) is 54.3 Å². The van der Waals surface area contributed by atoms with Crippen LogP contribution in [0, 0.1) is 0 Å². The van der Waals surface area contributed by atoms with Gasteiger partial charge in [0.15, 0.2) is 0 Å². The van der Waals surface area contributed by atoms with Crippen molar-refractivity contribution in [2.75, 3.05) is 32.7 Å². The molecule has 0 aliphatic carbocycles. The van der Waals surface area contributed by atoms with Crippen LogP contribution >= 0.6 is 11.3 Å². The highest BCUT2D eigenvalue weighted by molar-refractivity contribution is 7.08. The van der Waals surface area contributed by atoms with E-state index in [1.165, 1.54) is 11.3 Å². The minimum Gasteiger partial charge on any atom is -0.339 e. The van der Waals surface area contributed by atoms with Crippen molar-refractivity contribution in [2.24, 2.45) is 5.73 Å². The van der Waals surface area contributed by atoms with Crippen LogP contribution < -0.4 is 5.73 Å². The van der Waals surface area contributed by atoms with Crippen LogP contribution in [0.4, 0.5) is 0 Å². The highest BCUT2D eigenvalue weighted by Crippen LogP contribution is 2.13. The lowest BCUT2D eigenvalue weighted by Crippen LogP contribution is -2.50. The Hall–Kier alpha value is -1.40. The molecule has 2 N–H and O–H groups in total. The van der Waals surface area contributed by atoms with E-state index in [-0.39, 0.29) is 11.8 Å². The third-order valence-electron chi connectivity index (χ3n) is 3.78. The standard InChI is InChI=1S/C15H23N3O2S/c16-6-3-1-2-4-14(19)17-7-9-18(10-8-17)15(20)13-5-11-21-12-13/h5,11-12H,1-4,6-10,16H2. The summed E-state index contributed by atoms with van der Waals surface area (Å²) in [5.41, 5.74) is 6.19. The topological polar surface area (TPSA) is 66.6 Å². The quantitative estimate of drug-likeness (QED) is 0.811. The smallest absolute Gasteiger partial charge is 0.254 e. The van der Waals surface area contributed by atoms with Gasteiger partial charge in [0, 0.05) is 38.0 Å². The lowest BCUT2D eigenvalue weighted by Gasteiger charge is -2.34. The average Bonchev–Trinajstić information content (AvgIpc) is 3.05. The first-order valence-corrected chi connectivity index (χ1v) is 8.46. The summed E-state index contributed by atoms with van der Waals surface area (Å²) in [5.74, 6) is 0.279. The summed E-state index contributed by atoms with van der Waals surface area (Å²) in [6.07, 6.45) is 3.50. The summed E-state index contributed by atoms with van der Waals surface area (Å²) in [6.45, 7) is 3.24. The van der Waals surface area contributed by atoms with Crippen molar-refractivity contribution < 1.29 is 9.59 Å². The Morgan fingerprint density at radius 1 is 1.10 bits per heavy atom. The van der Waals surface area contributed by atoms with E-state index in [4.69, 9.17) is 5.73 Å². The van der Waals surface area contributed by atoms with E-state index < -0.39 is 0 Å². The minimum atomic E-state index is 0.0753. The van der Waals surface area contributed by atoms with Gasteiger partial charge in [-0.15, -0.1) is 0 Å². The fourth-order valence-electron chi connectivity index (χ4n) is 2.48. The van der Waals surface area contributed by atoms with Crippen LogP contribution in [0.2, 0.25) is 0 Å². The maximum Gasteiger partial charge on any atom is 0.254 e. The first-order valence-electron chi connectivity index (χ1n) is 7.51. The fourth-order valence-corrected chi connectivity index (χ4v) is 3.11. The molecule has 1 aliphatic rings. The van der Waals surface area contributed by atoms with Gasteiger partial charge in [-0.3, -0.25) is 9.59 Å². The largest absolute Gasteiger partial charge is 0.339 e. The first-order chi connectivity index (χ1) is 10.2. The van der Waals surface area contributed by atoms with Crippen molar-refractivity contribution >= 4 is 23.2 Å². The number of carbonyl (C=O) groups excluding carboxylic acids is 2. The second-order valence-electron chi connectivity index (χ2n) is 5.28. The molecule has 116 valence electrons. The Bertz CT molecular complexity index is 453. The second kappa shape index (κ2) is 8.14. The molecular weight excluding hydrogens is 286 g/mol. The lowest BCUT2D eigenvalue weighted by molar-refractivity contribution is -0.132. The Morgan fingerprint density at radius 3 is 2.43 bits per heavy atom. The zero-order valence-corrected chi connectivity index (χ0v) is 13.1. The molecule has 0 atom stereocenters. The van der Waals surface area contributed by atoms with Crippen molar-refractivity contribution in [2.45, 2.75) is 25.7 Å². The van der Waals surface area contributed by atoms with E-state index >= 15 is 0 Å². The summed E-state index contributed by atoms with van der Waals surface area (Å²) in [5, 5.41) is 3.78. The number of piperazine rings is 1. The van der Waals surface area contributed by atoms with Gasteiger partial charge in [-0.2, -0.15) is 11.3 Å². The molecule has 1 fully saturated rings. The van der Waals surface area contributed by atoms with Crippen LogP contribution in [-0.2, 0) is 4.79 Å². The second-order valence-corrected chi connectivity index (χ2v) is 6.06. The molecule has 1 saturated heterocycles. The van der Waals surface area contributed by atoms with Crippen LogP contribution in [0.1, 0.15) is 36.0 Å². The SMILES string of the molecule is NCCCCCC(=O)N1CCN(C(=O)c2ccsc2)CC1. The molecule has 0 unspecified atom stereocenters. The number of carbonyl (C=O) groups is 2. The molecule has 0 aromatic carbocycles. The Morgan fingerprint density at radius 2 is 1.81 bits per heavy atom. The molecule has 6 heteroatoms. The van der Waals surface area contributed by atoms with Gasteiger partial charge >= 0.3 is 0 Å². The molecule has 2 heterocycles.